The molecule has 0 amide bonds. The molecule has 0 atom stereocenters. The van der Waals surface area contributed by atoms with Crippen LogP contribution in [0.4, 0.5) is 13.2 Å². The van der Waals surface area contributed by atoms with Crippen LogP contribution in [0.5, 0.6) is 11.5 Å². The Morgan fingerprint density at radius 2 is 2.05 bits per heavy atom. The molecule has 2 rings (SSSR count). The van der Waals surface area contributed by atoms with E-state index in [0.717, 1.165) is 12.8 Å². The molecule has 0 bridgehead atoms. The fourth-order valence-electron chi connectivity index (χ4n) is 1.66. The third-order valence-electron chi connectivity index (χ3n) is 2.82. The van der Waals surface area contributed by atoms with Crippen molar-refractivity contribution in [2.24, 2.45) is 0 Å². The summed E-state index contributed by atoms with van der Waals surface area (Å²) < 4.78 is 46.4. The quantitative estimate of drug-likeness (QED) is 0.866. The summed E-state index contributed by atoms with van der Waals surface area (Å²) in [5.74, 6) is 0.846. The van der Waals surface area contributed by atoms with E-state index in [0.29, 0.717) is 23.9 Å². The van der Waals surface area contributed by atoms with E-state index in [1.807, 2.05) is 0 Å². The lowest BCUT2D eigenvalue weighted by Crippen LogP contribution is -2.21. The highest BCUT2D eigenvalue weighted by Crippen LogP contribution is 2.27. The SMILES string of the molecule is COc1ccc(OCC(F)(F)F)c(CNC2CC2)c1. The van der Waals surface area contributed by atoms with Gasteiger partial charge in [0.05, 0.1) is 7.11 Å². The molecule has 1 aromatic carbocycles. The van der Waals surface area contributed by atoms with E-state index in [2.05, 4.69) is 5.32 Å². The van der Waals surface area contributed by atoms with Crippen LogP contribution >= 0.6 is 0 Å². The normalized spacial score (nSPS) is 15.4. The number of rotatable bonds is 6. The van der Waals surface area contributed by atoms with E-state index in [1.165, 1.54) is 13.2 Å². The van der Waals surface area contributed by atoms with Crippen LogP contribution in [0.1, 0.15) is 18.4 Å². The zero-order chi connectivity index (χ0) is 13.9. The number of halogens is 3. The monoisotopic (exact) mass is 275 g/mol. The Labute approximate surface area is 109 Å². The van der Waals surface area contributed by atoms with Crippen LogP contribution in [0, 0.1) is 0 Å². The first kappa shape index (κ1) is 14.0. The predicted molar refractivity (Wildman–Crippen MR) is 64.4 cm³/mol. The van der Waals surface area contributed by atoms with Crippen LogP contribution in [-0.2, 0) is 6.54 Å². The van der Waals surface area contributed by atoms with Crippen molar-refractivity contribution in [3.63, 3.8) is 0 Å². The van der Waals surface area contributed by atoms with Crippen molar-refractivity contribution in [2.75, 3.05) is 13.7 Å². The van der Waals surface area contributed by atoms with Crippen LogP contribution < -0.4 is 14.8 Å². The predicted octanol–water partition coefficient (Wildman–Crippen LogP) is 2.89. The summed E-state index contributed by atoms with van der Waals surface area (Å²) in [6, 6.07) is 5.27. The lowest BCUT2D eigenvalue weighted by molar-refractivity contribution is -0.153. The molecule has 0 spiro atoms. The molecule has 0 unspecified atom stereocenters. The molecule has 1 fully saturated rings. The Balaban J connectivity index is 2.05. The highest BCUT2D eigenvalue weighted by molar-refractivity contribution is 5.40. The van der Waals surface area contributed by atoms with Gasteiger partial charge in [0.2, 0.25) is 0 Å². The number of ether oxygens (including phenoxy) is 2. The fraction of sp³-hybridized carbons (Fsp3) is 0.538. The molecule has 0 heterocycles. The number of benzene rings is 1. The number of hydrogen-bond donors (Lipinski definition) is 1. The zero-order valence-corrected chi connectivity index (χ0v) is 10.6. The van der Waals surface area contributed by atoms with Gasteiger partial charge in [-0.3, -0.25) is 0 Å². The zero-order valence-electron chi connectivity index (χ0n) is 10.6. The second-order valence-corrected chi connectivity index (χ2v) is 4.53. The fourth-order valence-corrected chi connectivity index (χ4v) is 1.66. The largest absolute Gasteiger partial charge is 0.497 e. The lowest BCUT2D eigenvalue weighted by Gasteiger charge is -2.14. The van der Waals surface area contributed by atoms with Crippen LogP contribution in [0.15, 0.2) is 18.2 Å². The van der Waals surface area contributed by atoms with E-state index in [1.54, 1.807) is 12.1 Å². The molecular weight excluding hydrogens is 259 g/mol. The summed E-state index contributed by atoms with van der Waals surface area (Å²) in [6.45, 7) is -0.801. The molecule has 1 saturated carbocycles. The number of alkyl halides is 3. The maximum Gasteiger partial charge on any atom is 0.422 e. The topological polar surface area (TPSA) is 30.5 Å². The molecule has 106 valence electrons. The van der Waals surface area contributed by atoms with E-state index in [4.69, 9.17) is 9.47 Å². The van der Waals surface area contributed by atoms with Gasteiger partial charge in [0.1, 0.15) is 11.5 Å². The van der Waals surface area contributed by atoms with E-state index in [9.17, 15) is 13.2 Å². The van der Waals surface area contributed by atoms with Gasteiger partial charge in [-0.1, -0.05) is 0 Å². The van der Waals surface area contributed by atoms with Crippen molar-refractivity contribution in [2.45, 2.75) is 31.6 Å². The van der Waals surface area contributed by atoms with E-state index < -0.39 is 12.8 Å². The summed E-state index contributed by atoms with van der Waals surface area (Å²) in [5.41, 5.74) is 0.676. The molecule has 1 N–H and O–H groups in total. The van der Waals surface area contributed by atoms with Crippen molar-refractivity contribution in [3.8, 4) is 11.5 Å². The third kappa shape index (κ3) is 4.63. The minimum absolute atomic E-state index is 0.242. The summed E-state index contributed by atoms with van der Waals surface area (Å²) in [7, 11) is 1.52. The minimum atomic E-state index is -4.33. The minimum Gasteiger partial charge on any atom is -0.497 e. The first-order valence-corrected chi connectivity index (χ1v) is 6.08. The molecule has 0 radical (unpaired) electrons. The van der Waals surface area contributed by atoms with Crippen LogP contribution in [-0.4, -0.2) is 25.9 Å². The van der Waals surface area contributed by atoms with E-state index in [-0.39, 0.29) is 5.75 Å². The van der Waals surface area contributed by atoms with Gasteiger partial charge in [-0.2, -0.15) is 13.2 Å². The van der Waals surface area contributed by atoms with Crippen LogP contribution in [0.25, 0.3) is 0 Å². The smallest absolute Gasteiger partial charge is 0.422 e. The summed E-state index contributed by atoms with van der Waals surface area (Å²) in [6.07, 6.45) is -2.10. The van der Waals surface area contributed by atoms with E-state index >= 15 is 0 Å². The molecule has 0 aromatic heterocycles. The average Bonchev–Trinajstić information content (AvgIpc) is 3.17. The van der Waals surface area contributed by atoms with Crippen LogP contribution in [0.2, 0.25) is 0 Å². The highest BCUT2D eigenvalue weighted by atomic mass is 19.4. The first-order chi connectivity index (χ1) is 8.98. The summed E-state index contributed by atoms with van der Waals surface area (Å²) in [5, 5.41) is 3.24. The molecule has 1 aromatic rings. The summed E-state index contributed by atoms with van der Waals surface area (Å²) in [4.78, 5) is 0. The van der Waals surface area contributed by atoms with Gasteiger partial charge in [-0.25, -0.2) is 0 Å². The number of hydrogen-bond acceptors (Lipinski definition) is 3. The standard InChI is InChI=1S/C13H16F3NO2/c1-18-11-4-5-12(19-8-13(14,15)16)9(6-11)7-17-10-2-3-10/h4-6,10,17H,2-3,7-8H2,1H3. The number of methoxy groups -OCH3 is 1. The van der Waals surface area contributed by atoms with Gasteiger partial charge in [0.15, 0.2) is 6.61 Å². The Kier molecular flexibility index (Phi) is 4.19. The number of nitrogens with one attached hydrogen (secondary N) is 1. The first-order valence-electron chi connectivity index (χ1n) is 6.08. The third-order valence-corrected chi connectivity index (χ3v) is 2.82. The van der Waals surface area contributed by atoms with Crippen LogP contribution in [0.3, 0.4) is 0 Å². The molecule has 0 saturated heterocycles. The van der Waals surface area contributed by atoms with Crippen molar-refractivity contribution >= 4 is 0 Å². The molecule has 19 heavy (non-hydrogen) atoms. The van der Waals surface area contributed by atoms with Gasteiger partial charge >= 0.3 is 6.18 Å². The van der Waals surface area contributed by atoms with Crippen molar-refractivity contribution in [1.29, 1.82) is 0 Å². The molecule has 6 heteroatoms. The summed E-state index contributed by atoms with van der Waals surface area (Å²) >= 11 is 0. The second-order valence-electron chi connectivity index (χ2n) is 4.53. The lowest BCUT2D eigenvalue weighted by atomic mass is 10.2. The second kappa shape index (κ2) is 5.69. The Bertz CT molecular complexity index is 430. The average molecular weight is 275 g/mol. The molecule has 1 aliphatic rings. The maximum atomic E-state index is 12.2. The van der Waals surface area contributed by atoms with Crippen molar-refractivity contribution in [3.05, 3.63) is 23.8 Å². The van der Waals surface area contributed by atoms with Gasteiger partial charge in [0.25, 0.3) is 0 Å². The highest BCUT2D eigenvalue weighted by Gasteiger charge is 2.29. The molecule has 3 nitrogen and oxygen atoms in total. The Morgan fingerprint density at radius 1 is 1.32 bits per heavy atom. The maximum absolute atomic E-state index is 12.2. The van der Waals surface area contributed by atoms with Gasteiger partial charge in [-0.05, 0) is 31.0 Å². The molecule has 0 aliphatic heterocycles. The van der Waals surface area contributed by atoms with Gasteiger partial charge in [-0.15, -0.1) is 0 Å². The van der Waals surface area contributed by atoms with Crippen molar-refractivity contribution < 1.29 is 22.6 Å². The van der Waals surface area contributed by atoms with Crippen molar-refractivity contribution in [1.82, 2.24) is 5.32 Å². The Hall–Kier alpha value is -1.43. The molecular formula is C13H16F3NO2. The molecule has 1 aliphatic carbocycles. The van der Waals surface area contributed by atoms with Gasteiger partial charge in [0, 0.05) is 18.2 Å². The van der Waals surface area contributed by atoms with Gasteiger partial charge < -0.3 is 14.8 Å². The Morgan fingerprint density at radius 3 is 2.63 bits per heavy atom.